The van der Waals surface area contributed by atoms with E-state index in [9.17, 15) is 0 Å². The Morgan fingerprint density at radius 2 is 2.24 bits per heavy atom. The number of hydrogen-bond acceptors (Lipinski definition) is 4. The molecule has 1 aliphatic rings. The van der Waals surface area contributed by atoms with Gasteiger partial charge in [0.15, 0.2) is 5.96 Å². The number of guanidine groups is 1. The fourth-order valence-corrected chi connectivity index (χ4v) is 2.22. The Bertz CT molecular complexity index is 417. The highest BCUT2D eigenvalue weighted by Crippen LogP contribution is 2.27. The minimum atomic E-state index is 0.256. The topological polar surface area (TPSA) is 50.9 Å². The second-order valence-corrected chi connectivity index (χ2v) is 4.26. The maximum atomic E-state index is 5.92. The summed E-state index contributed by atoms with van der Waals surface area (Å²) < 4.78 is 5.11. The fourth-order valence-electron chi connectivity index (χ4n) is 2.22. The second-order valence-electron chi connectivity index (χ2n) is 4.26. The highest BCUT2D eigenvalue weighted by atomic mass is 16.5. The van der Waals surface area contributed by atoms with Crippen molar-refractivity contribution in [1.29, 1.82) is 0 Å². The van der Waals surface area contributed by atoms with E-state index in [2.05, 4.69) is 41.1 Å². The number of aliphatic imine (C=N–C) groups is 1. The number of benzene rings is 1. The van der Waals surface area contributed by atoms with Crippen LogP contribution in [0.3, 0.4) is 0 Å². The van der Waals surface area contributed by atoms with Crippen molar-refractivity contribution in [2.75, 3.05) is 26.8 Å². The molecule has 1 heterocycles. The lowest BCUT2D eigenvalue weighted by atomic mass is 10.0. The molecule has 0 amide bonds. The molecule has 0 aromatic heterocycles. The van der Waals surface area contributed by atoms with E-state index < -0.39 is 0 Å². The van der Waals surface area contributed by atoms with E-state index in [0.717, 1.165) is 13.1 Å². The van der Waals surface area contributed by atoms with Gasteiger partial charge in [0.2, 0.25) is 0 Å². The molecule has 0 bridgehead atoms. The lowest BCUT2D eigenvalue weighted by molar-refractivity contribution is 0.166. The van der Waals surface area contributed by atoms with Crippen molar-refractivity contribution in [1.82, 2.24) is 4.90 Å². The van der Waals surface area contributed by atoms with Crippen LogP contribution in [0.5, 0.6) is 0 Å². The molecule has 0 saturated heterocycles. The zero-order chi connectivity index (χ0) is 12.3. The molecule has 1 aromatic rings. The first-order chi connectivity index (χ1) is 8.24. The maximum Gasteiger partial charge on any atom is 0.192 e. The summed E-state index contributed by atoms with van der Waals surface area (Å²) in [5.41, 5.74) is 8.50. The van der Waals surface area contributed by atoms with Crippen LogP contribution in [0.4, 0.5) is 0 Å². The number of ether oxygens (including phenoxy) is 1. The third kappa shape index (κ3) is 2.42. The molecule has 2 N–H and O–H groups in total. The first-order valence-electron chi connectivity index (χ1n) is 5.85. The van der Waals surface area contributed by atoms with E-state index in [1.54, 1.807) is 7.11 Å². The molecule has 1 aromatic carbocycles. The molecule has 17 heavy (non-hydrogen) atoms. The average Bonchev–Trinajstić information content (AvgIpc) is 2.69. The number of rotatable bonds is 4. The molecule has 0 saturated carbocycles. The van der Waals surface area contributed by atoms with Gasteiger partial charge in [-0.25, -0.2) is 0 Å². The minimum absolute atomic E-state index is 0.256. The van der Waals surface area contributed by atoms with Gasteiger partial charge in [-0.1, -0.05) is 24.3 Å². The highest BCUT2D eigenvalue weighted by molar-refractivity contribution is 5.80. The van der Waals surface area contributed by atoms with Crippen LogP contribution < -0.4 is 5.73 Å². The number of methoxy groups -OCH3 is 1. The van der Waals surface area contributed by atoms with Gasteiger partial charge in [-0.3, -0.25) is 4.99 Å². The standard InChI is InChI=1S/C13H19N3O/c1-10-5-3-4-6-11(10)12-9-15-13(14)16(12)7-8-17-2/h3-6,12H,7-9H2,1-2H3,(H2,14,15). The Morgan fingerprint density at radius 1 is 1.47 bits per heavy atom. The summed E-state index contributed by atoms with van der Waals surface area (Å²) >= 11 is 0. The Morgan fingerprint density at radius 3 is 2.94 bits per heavy atom. The molecular formula is C13H19N3O. The van der Waals surface area contributed by atoms with E-state index in [1.807, 2.05) is 0 Å². The fraction of sp³-hybridized carbons (Fsp3) is 0.462. The summed E-state index contributed by atoms with van der Waals surface area (Å²) in [6.07, 6.45) is 0. The van der Waals surface area contributed by atoms with Gasteiger partial charge < -0.3 is 15.4 Å². The number of hydrogen-bond donors (Lipinski definition) is 1. The number of nitrogens with two attached hydrogens (primary N) is 1. The third-order valence-electron chi connectivity index (χ3n) is 3.18. The van der Waals surface area contributed by atoms with Crippen molar-refractivity contribution in [2.45, 2.75) is 13.0 Å². The van der Waals surface area contributed by atoms with Gasteiger partial charge in [0, 0.05) is 13.7 Å². The van der Waals surface area contributed by atoms with Crippen molar-refractivity contribution >= 4 is 5.96 Å². The largest absolute Gasteiger partial charge is 0.383 e. The molecule has 1 aliphatic heterocycles. The Labute approximate surface area is 102 Å². The van der Waals surface area contributed by atoms with Crippen LogP contribution in [0, 0.1) is 6.92 Å². The Kier molecular flexibility index (Phi) is 3.64. The van der Waals surface area contributed by atoms with Gasteiger partial charge in [0.1, 0.15) is 0 Å². The maximum absolute atomic E-state index is 5.92. The summed E-state index contributed by atoms with van der Waals surface area (Å²) in [4.78, 5) is 6.45. The van der Waals surface area contributed by atoms with Gasteiger partial charge in [0.25, 0.3) is 0 Å². The smallest absolute Gasteiger partial charge is 0.192 e. The number of nitrogens with zero attached hydrogens (tertiary/aromatic N) is 2. The molecule has 0 radical (unpaired) electrons. The van der Waals surface area contributed by atoms with Gasteiger partial charge >= 0.3 is 0 Å². The van der Waals surface area contributed by atoms with Gasteiger partial charge in [0.05, 0.1) is 19.2 Å². The Balaban J connectivity index is 2.18. The molecule has 92 valence electrons. The van der Waals surface area contributed by atoms with Crippen molar-refractivity contribution in [3.63, 3.8) is 0 Å². The quantitative estimate of drug-likeness (QED) is 0.853. The van der Waals surface area contributed by atoms with Crippen LogP contribution in [0.25, 0.3) is 0 Å². The van der Waals surface area contributed by atoms with Gasteiger partial charge in [-0.15, -0.1) is 0 Å². The predicted molar refractivity (Wildman–Crippen MR) is 69.0 cm³/mol. The molecule has 1 unspecified atom stereocenters. The van der Waals surface area contributed by atoms with Crippen LogP contribution in [0.1, 0.15) is 17.2 Å². The van der Waals surface area contributed by atoms with E-state index in [-0.39, 0.29) is 6.04 Å². The monoisotopic (exact) mass is 233 g/mol. The highest BCUT2D eigenvalue weighted by Gasteiger charge is 2.27. The van der Waals surface area contributed by atoms with E-state index in [1.165, 1.54) is 11.1 Å². The summed E-state index contributed by atoms with van der Waals surface area (Å²) in [6.45, 7) is 4.31. The molecule has 4 heteroatoms. The zero-order valence-corrected chi connectivity index (χ0v) is 10.4. The molecule has 4 nitrogen and oxygen atoms in total. The van der Waals surface area contributed by atoms with Crippen LogP contribution in [-0.2, 0) is 4.74 Å². The average molecular weight is 233 g/mol. The summed E-state index contributed by atoms with van der Waals surface area (Å²) in [5.74, 6) is 0.621. The van der Waals surface area contributed by atoms with Crippen LogP contribution in [0.15, 0.2) is 29.3 Å². The molecule has 0 fully saturated rings. The normalized spacial score (nSPS) is 19.5. The zero-order valence-electron chi connectivity index (χ0n) is 10.4. The van der Waals surface area contributed by atoms with Gasteiger partial charge in [-0.2, -0.15) is 0 Å². The summed E-state index contributed by atoms with van der Waals surface area (Å²) in [6, 6.07) is 8.64. The molecule has 0 aliphatic carbocycles. The third-order valence-corrected chi connectivity index (χ3v) is 3.18. The van der Waals surface area contributed by atoms with Crippen LogP contribution in [-0.4, -0.2) is 37.7 Å². The lowest BCUT2D eigenvalue weighted by Crippen LogP contribution is -2.38. The summed E-state index contributed by atoms with van der Waals surface area (Å²) in [7, 11) is 1.70. The van der Waals surface area contributed by atoms with Gasteiger partial charge in [-0.05, 0) is 18.1 Å². The molecule has 0 spiro atoms. The summed E-state index contributed by atoms with van der Waals surface area (Å²) in [5, 5.41) is 0. The minimum Gasteiger partial charge on any atom is -0.383 e. The van der Waals surface area contributed by atoms with E-state index >= 15 is 0 Å². The first-order valence-corrected chi connectivity index (χ1v) is 5.85. The van der Waals surface area contributed by atoms with Crippen molar-refractivity contribution in [3.8, 4) is 0 Å². The first kappa shape index (κ1) is 11.9. The van der Waals surface area contributed by atoms with Crippen LogP contribution >= 0.6 is 0 Å². The van der Waals surface area contributed by atoms with E-state index in [0.29, 0.717) is 12.6 Å². The molecular weight excluding hydrogens is 214 g/mol. The predicted octanol–water partition coefficient (Wildman–Crippen LogP) is 1.31. The second kappa shape index (κ2) is 5.19. The van der Waals surface area contributed by atoms with Crippen LogP contribution in [0.2, 0.25) is 0 Å². The van der Waals surface area contributed by atoms with Crippen molar-refractivity contribution in [3.05, 3.63) is 35.4 Å². The molecule has 1 atom stereocenters. The SMILES string of the molecule is COCCN1C(N)=NCC1c1ccccc1C. The van der Waals surface area contributed by atoms with Crippen molar-refractivity contribution in [2.24, 2.45) is 10.7 Å². The Hall–Kier alpha value is -1.55. The van der Waals surface area contributed by atoms with E-state index in [4.69, 9.17) is 10.5 Å². The molecule has 2 rings (SSSR count). The van der Waals surface area contributed by atoms with Crippen molar-refractivity contribution < 1.29 is 4.74 Å². The number of aryl methyl sites for hydroxylation is 1. The lowest BCUT2D eigenvalue weighted by Gasteiger charge is -2.27.